The molecule has 1 rings (SSSR count). The quantitative estimate of drug-likeness (QED) is 0.357. The van der Waals surface area contributed by atoms with E-state index in [-0.39, 0.29) is 18.8 Å². The van der Waals surface area contributed by atoms with E-state index in [9.17, 15) is 24.3 Å². The molecule has 28 heavy (non-hydrogen) atoms. The normalized spacial score (nSPS) is 14.0. The lowest BCUT2D eigenvalue weighted by molar-refractivity contribution is -0.143. The summed E-state index contributed by atoms with van der Waals surface area (Å²) in [7, 11) is 0. The SMILES string of the molecule is CC(C)[C@H](N)C(=O)N[C@@H](Cc1ccccc1)C(=O)N[C@@H](CCC(=O)O)C(=O)O. The van der Waals surface area contributed by atoms with Gasteiger partial charge in [0.25, 0.3) is 0 Å². The lowest BCUT2D eigenvalue weighted by Crippen LogP contribution is -2.56. The van der Waals surface area contributed by atoms with Crippen LogP contribution in [-0.4, -0.2) is 52.1 Å². The van der Waals surface area contributed by atoms with Gasteiger partial charge in [-0.25, -0.2) is 4.79 Å². The third-order valence-electron chi connectivity index (χ3n) is 4.20. The van der Waals surface area contributed by atoms with E-state index >= 15 is 0 Å². The predicted molar refractivity (Wildman–Crippen MR) is 101 cm³/mol. The molecule has 154 valence electrons. The largest absolute Gasteiger partial charge is 0.481 e. The van der Waals surface area contributed by atoms with Crippen LogP contribution in [0.15, 0.2) is 30.3 Å². The van der Waals surface area contributed by atoms with Gasteiger partial charge in [-0.1, -0.05) is 44.2 Å². The molecule has 3 atom stereocenters. The van der Waals surface area contributed by atoms with Crippen LogP contribution in [0.25, 0.3) is 0 Å². The van der Waals surface area contributed by atoms with Gasteiger partial charge in [-0.3, -0.25) is 14.4 Å². The monoisotopic (exact) mass is 393 g/mol. The zero-order chi connectivity index (χ0) is 21.3. The predicted octanol–water partition coefficient (Wildman–Crippen LogP) is 0.131. The van der Waals surface area contributed by atoms with E-state index < -0.39 is 48.3 Å². The van der Waals surface area contributed by atoms with Gasteiger partial charge in [0, 0.05) is 12.8 Å². The average Bonchev–Trinajstić information content (AvgIpc) is 2.63. The summed E-state index contributed by atoms with van der Waals surface area (Å²) >= 11 is 0. The molecule has 0 saturated heterocycles. The Morgan fingerprint density at radius 1 is 0.964 bits per heavy atom. The minimum atomic E-state index is -1.38. The number of hydrogen-bond donors (Lipinski definition) is 5. The summed E-state index contributed by atoms with van der Waals surface area (Å²) in [6.07, 6.45) is -0.548. The van der Waals surface area contributed by atoms with Gasteiger partial charge in [0.1, 0.15) is 12.1 Å². The molecule has 0 radical (unpaired) electrons. The highest BCUT2D eigenvalue weighted by atomic mass is 16.4. The third-order valence-corrected chi connectivity index (χ3v) is 4.20. The first-order valence-corrected chi connectivity index (χ1v) is 8.96. The molecule has 0 spiro atoms. The van der Waals surface area contributed by atoms with Gasteiger partial charge < -0.3 is 26.6 Å². The molecular formula is C19H27N3O6. The first kappa shape index (κ1) is 23.1. The second-order valence-corrected chi connectivity index (χ2v) is 6.85. The van der Waals surface area contributed by atoms with Crippen LogP contribution >= 0.6 is 0 Å². The standard InChI is InChI=1S/C19H27N3O6/c1-11(2)16(20)18(26)22-14(10-12-6-4-3-5-7-12)17(25)21-13(19(27)28)8-9-15(23)24/h3-7,11,13-14,16H,8-10,20H2,1-2H3,(H,21,25)(H,22,26)(H,23,24)(H,27,28)/t13-,14-,16-/m0/s1. The van der Waals surface area contributed by atoms with Crippen molar-refractivity contribution in [3.8, 4) is 0 Å². The van der Waals surface area contributed by atoms with Crippen molar-refractivity contribution in [1.29, 1.82) is 0 Å². The highest BCUT2D eigenvalue weighted by molar-refractivity contribution is 5.92. The Morgan fingerprint density at radius 3 is 2.04 bits per heavy atom. The van der Waals surface area contributed by atoms with Gasteiger partial charge in [0.05, 0.1) is 6.04 Å². The highest BCUT2D eigenvalue weighted by Crippen LogP contribution is 2.07. The Kier molecular flexibility index (Phi) is 9.10. The Balaban J connectivity index is 2.94. The molecular weight excluding hydrogens is 366 g/mol. The van der Waals surface area contributed by atoms with Crippen LogP contribution in [0.1, 0.15) is 32.3 Å². The number of carbonyl (C=O) groups is 4. The molecule has 0 aromatic heterocycles. The van der Waals surface area contributed by atoms with E-state index in [4.69, 9.17) is 10.8 Å². The summed E-state index contributed by atoms with van der Waals surface area (Å²) in [5.41, 5.74) is 6.59. The number of benzene rings is 1. The maximum atomic E-state index is 12.7. The summed E-state index contributed by atoms with van der Waals surface area (Å²) in [4.78, 5) is 47.0. The fraction of sp³-hybridized carbons (Fsp3) is 0.474. The second-order valence-electron chi connectivity index (χ2n) is 6.85. The zero-order valence-corrected chi connectivity index (χ0v) is 15.9. The summed E-state index contributed by atoms with van der Waals surface area (Å²) in [6, 6.07) is 5.65. The van der Waals surface area contributed by atoms with Crippen LogP contribution in [0.3, 0.4) is 0 Å². The molecule has 0 aliphatic rings. The lowest BCUT2D eigenvalue weighted by atomic mass is 10.0. The fourth-order valence-electron chi connectivity index (χ4n) is 2.43. The summed E-state index contributed by atoms with van der Waals surface area (Å²) in [5.74, 6) is -3.91. The molecule has 0 aliphatic carbocycles. The van der Waals surface area contributed by atoms with Gasteiger partial charge in [0.2, 0.25) is 11.8 Å². The first-order chi connectivity index (χ1) is 13.1. The van der Waals surface area contributed by atoms with E-state index in [1.807, 2.05) is 0 Å². The van der Waals surface area contributed by atoms with E-state index in [2.05, 4.69) is 10.6 Å². The molecule has 0 fully saturated rings. The number of carboxylic acids is 2. The maximum Gasteiger partial charge on any atom is 0.326 e. The second kappa shape index (κ2) is 11.0. The van der Waals surface area contributed by atoms with E-state index in [0.717, 1.165) is 5.56 Å². The average molecular weight is 393 g/mol. The number of amides is 2. The van der Waals surface area contributed by atoms with Gasteiger partial charge in [-0.05, 0) is 17.9 Å². The van der Waals surface area contributed by atoms with Gasteiger partial charge in [0.15, 0.2) is 0 Å². The molecule has 9 heteroatoms. The summed E-state index contributed by atoms with van der Waals surface area (Å²) < 4.78 is 0. The smallest absolute Gasteiger partial charge is 0.326 e. The molecule has 6 N–H and O–H groups in total. The van der Waals surface area contributed by atoms with Gasteiger partial charge in [-0.2, -0.15) is 0 Å². The van der Waals surface area contributed by atoms with Crippen LogP contribution in [0.2, 0.25) is 0 Å². The molecule has 1 aromatic carbocycles. The van der Waals surface area contributed by atoms with Crippen LogP contribution in [0.5, 0.6) is 0 Å². The third kappa shape index (κ3) is 7.75. The number of nitrogens with two attached hydrogens (primary N) is 1. The van der Waals surface area contributed by atoms with Crippen molar-refractivity contribution in [3.63, 3.8) is 0 Å². The Hall–Kier alpha value is -2.94. The number of hydrogen-bond acceptors (Lipinski definition) is 5. The van der Waals surface area contributed by atoms with Crippen molar-refractivity contribution in [3.05, 3.63) is 35.9 Å². The maximum absolute atomic E-state index is 12.7. The zero-order valence-electron chi connectivity index (χ0n) is 15.9. The van der Waals surface area contributed by atoms with Crippen LogP contribution < -0.4 is 16.4 Å². The minimum absolute atomic E-state index is 0.133. The first-order valence-electron chi connectivity index (χ1n) is 8.96. The number of carbonyl (C=O) groups excluding carboxylic acids is 2. The number of nitrogens with one attached hydrogen (secondary N) is 2. The van der Waals surface area contributed by atoms with Crippen molar-refractivity contribution in [2.45, 2.75) is 51.2 Å². The lowest BCUT2D eigenvalue weighted by Gasteiger charge is -2.24. The summed E-state index contributed by atoms with van der Waals surface area (Å²) in [5, 5.41) is 22.9. The van der Waals surface area contributed by atoms with E-state index in [1.165, 1.54) is 0 Å². The van der Waals surface area contributed by atoms with Crippen molar-refractivity contribution in [2.75, 3.05) is 0 Å². The van der Waals surface area contributed by atoms with Gasteiger partial charge >= 0.3 is 11.9 Å². The van der Waals surface area contributed by atoms with E-state index in [0.29, 0.717) is 0 Å². The molecule has 0 heterocycles. The Morgan fingerprint density at radius 2 is 1.54 bits per heavy atom. The minimum Gasteiger partial charge on any atom is -0.481 e. The van der Waals surface area contributed by atoms with Crippen LogP contribution in [0.4, 0.5) is 0 Å². The summed E-state index contributed by atoms with van der Waals surface area (Å²) in [6.45, 7) is 3.53. The van der Waals surface area contributed by atoms with E-state index in [1.54, 1.807) is 44.2 Å². The molecule has 2 amide bonds. The van der Waals surface area contributed by atoms with Crippen LogP contribution in [0, 0.1) is 5.92 Å². The Labute approximate surface area is 163 Å². The van der Waals surface area contributed by atoms with Crippen molar-refractivity contribution >= 4 is 23.8 Å². The molecule has 0 aliphatic heterocycles. The number of carboxylic acid groups (broad SMARTS) is 2. The van der Waals surface area contributed by atoms with Crippen LogP contribution in [-0.2, 0) is 25.6 Å². The molecule has 0 bridgehead atoms. The van der Waals surface area contributed by atoms with Crippen molar-refractivity contribution in [2.24, 2.45) is 11.7 Å². The van der Waals surface area contributed by atoms with Crippen molar-refractivity contribution in [1.82, 2.24) is 10.6 Å². The van der Waals surface area contributed by atoms with Gasteiger partial charge in [-0.15, -0.1) is 0 Å². The molecule has 1 aromatic rings. The molecule has 0 saturated carbocycles. The molecule has 9 nitrogen and oxygen atoms in total. The highest BCUT2D eigenvalue weighted by Gasteiger charge is 2.29. The number of rotatable bonds is 11. The topological polar surface area (TPSA) is 159 Å². The fourth-order valence-corrected chi connectivity index (χ4v) is 2.43. The molecule has 0 unspecified atom stereocenters. The van der Waals surface area contributed by atoms with Crippen molar-refractivity contribution < 1.29 is 29.4 Å². The number of aliphatic carboxylic acids is 2. The Bertz CT molecular complexity index is 692.